The number of fused-ring (bicyclic) bond motifs is 1. The number of nitrogens with one attached hydrogen (secondary N) is 1. The van der Waals surface area contributed by atoms with Gasteiger partial charge in [-0.05, 0) is 68.5 Å². The minimum Gasteiger partial charge on any atom is -0.339 e. The van der Waals surface area contributed by atoms with Crippen LogP contribution in [0.1, 0.15) is 77.3 Å². The zero-order valence-electron chi connectivity index (χ0n) is 25.1. The molecule has 4 rings (SSSR count). The van der Waals surface area contributed by atoms with E-state index in [9.17, 15) is 18.0 Å². The van der Waals surface area contributed by atoms with Gasteiger partial charge in [-0.15, -0.1) is 11.3 Å². The molecule has 2 amide bonds. The number of benzene rings is 2. The van der Waals surface area contributed by atoms with Crippen LogP contribution in [0.4, 0.5) is 5.00 Å². The average molecular weight is 611 g/mol. The number of nitrogens with zero attached hydrogens (tertiary/aromatic N) is 3. The Balaban J connectivity index is 1.59. The molecule has 1 aliphatic rings. The van der Waals surface area contributed by atoms with E-state index in [-0.39, 0.29) is 16.7 Å². The molecule has 2 aromatic carbocycles. The smallest absolute Gasteiger partial charge is 0.257 e. The Kier molecular flexibility index (Phi) is 10.9. The molecule has 0 saturated carbocycles. The average Bonchev–Trinajstić information content (AvgIpc) is 3.35. The number of rotatable bonds is 13. The fourth-order valence-electron chi connectivity index (χ4n) is 5.37. The van der Waals surface area contributed by atoms with E-state index >= 15 is 0 Å². The lowest BCUT2D eigenvalue weighted by Crippen LogP contribution is -2.34. The van der Waals surface area contributed by atoms with Gasteiger partial charge in [-0.3, -0.25) is 14.5 Å². The number of anilines is 1. The lowest BCUT2D eigenvalue weighted by molar-refractivity contribution is 0.0772. The monoisotopic (exact) mass is 610 g/mol. The molecule has 0 saturated heterocycles. The summed E-state index contributed by atoms with van der Waals surface area (Å²) >= 11 is 1.46. The van der Waals surface area contributed by atoms with Crippen molar-refractivity contribution in [1.29, 1.82) is 0 Å². The van der Waals surface area contributed by atoms with Gasteiger partial charge in [0.15, 0.2) is 0 Å². The standard InChI is InChI=1S/C32H42N4O4S2/c1-5-19-36(20-6-2)42(39,40)26-16-14-25(15-17-26)30(37)33-31-29(32(38)35(7-3)8-4)27-18-21-34(23-28(27)41-31)22-24-12-10-9-11-13-24/h9-17H,5-8,18-23H2,1-4H3,(H,33,37). The molecule has 0 unspecified atom stereocenters. The van der Waals surface area contributed by atoms with E-state index < -0.39 is 10.0 Å². The topological polar surface area (TPSA) is 90.0 Å². The first kappa shape index (κ1) is 31.9. The van der Waals surface area contributed by atoms with Crippen molar-refractivity contribution >= 4 is 38.2 Å². The van der Waals surface area contributed by atoms with E-state index in [1.54, 1.807) is 17.0 Å². The number of thiophene rings is 1. The van der Waals surface area contributed by atoms with Crippen LogP contribution in [-0.4, -0.2) is 67.1 Å². The van der Waals surface area contributed by atoms with Crippen LogP contribution in [0.5, 0.6) is 0 Å². The van der Waals surface area contributed by atoms with Crippen molar-refractivity contribution in [3.05, 3.63) is 81.7 Å². The number of amides is 2. The van der Waals surface area contributed by atoms with Gasteiger partial charge in [-0.1, -0.05) is 44.2 Å². The predicted molar refractivity (Wildman–Crippen MR) is 170 cm³/mol. The van der Waals surface area contributed by atoms with Crippen molar-refractivity contribution in [2.75, 3.05) is 38.0 Å². The molecule has 0 spiro atoms. The van der Waals surface area contributed by atoms with Crippen molar-refractivity contribution in [3.63, 3.8) is 0 Å². The minimum atomic E-state index is -3.64. The van der Waals surface area contributed by atoms with E-state index in [0.29, 0.717) is 48.9 Å². The summed E-state index contributed by atoms with van der Waals surface area (Å²) in [5.41, 5.74) is 3.18. The van der Waals surface area contributed by atoms with Crippen LogP contribution in [0.25, 0.3) is 0 Å². The summed E-state index contributed by atoms with van der Waals surface area (Å²) in [5, 5.41) is 3.56. The molecule has 1 aliphatic heterocycles. The lowest BCUT2D eigenvalue weighted by atomic mass is 10.0. The summed E-state index contributed by atoms with van der Waals surface area (Å²) in [7, 11) is -3.64. The van der Waals surface area contributed by atoms with Gasteiger partial charge in [0.2, 0.25) is 10.0 Å². The fraction of sp³-hybridized carbons (Fsp3) is 0.438. The second kappa shape index (κ2) is 14.4. The molecule has 42 heavy (non-hydrogen) atoms. The summed E-state index contributed by atoms with van der Waals surface area (Å²) in [4.78, 5) is 32.5. The fourth-order valence-corrected chi connectivity index (χ4v) is 8.27. The molecule has 226 valence electrons. The van der Waals surface area contributed by atoms with Crippen LogP contribution in [0.2, 0.25) is 0 Å². The first-order valence-electron chi connectivity index (χ1n) is 14.8. The third-order valence-electron chi connectivity index (χ3n) is 7.58. The van der Waals surface area contributed by atoms with Gasteiger partial charge in [0.05, 0.1) is 10.5 Å². The van der Waals surface area contributed by atoms with E-state index in [1.807, 2.05) is 45.9 Å². The predicted octanol–water partition coefficient (Wildman–Crippen LogP) is 5.85. The maximum Gasteiger partial charge on any atom is 0.257 e. The van der Waals surface area contributed by atoms with Crippen LogP contribution in [0.15, 0.2) is 59.5 Å². The number of carbonyl (C=O) groups is 2. The quantitative estimate of drug-likeness (QED) is 0.262. The third-order valence-corrected chi connectivity index (χ3v) is 10.6. The van der Waals surface area contributed by atoms with Crippen molar-refractivity contribution in [1.82, 2.24) is 14.1 Å². The highest BCUT2D eigenvalue weighted by atomic mass is 32.2. The maximum atomic E-state index is 13.7. The van der Waals surface area contributed by atoms with E-state index in [4.69, 9.17) is 0 Å². The number of hydrogen-bond acceptors (Lipinski definition) is 6. The summed E-state index contributed by atoms with van der Waals surface area (Å²) < 4.78 is 27.8. The van der Waals surface area contributed by atoms with Crippen molar-refractivity contribution < 1.29 is 18.0 Å². The van der Waals surface area contributed by atoms with E-state index in [1.165, 1.54) is 33.3 Å². The molecular formula is C32H42N4O4S2. The van der Waals surface area contributed by atoms with Crippen LogP contribution in [0, 0.1) is 0 Å². The largest absolute Gasteiger partial charge is 0.339 e. The molecule has 0 bridgehead atoms. The van der Waals surface area contributed by atoms with Gasteiger partial charge in [-0.2, -0.15) is 4.31 Å². The molecule has 3 aromatic rings. The SMILES string of the molecule is CCCN(CCC)S(=O)(=O)c1ccc(C(=O)Nc2sc3c(c2C(=O)N(CC)CC)CCN(Cc2ccccc2)C3)cc1. The molecule has 0 aliphatic carbocycles. The summed E-state index contributed by atoms with van der Waals surface area (Å²) in [6.45, 7) is 12.2. The molecule has 2 heterocycles. The molecule has 1 N–H and O–H groups in total. The Bertz CT molecular complexity index is 1460. The molecule has 8 nitrogen and oxygen atoms in total. The van der Waals surface area contributed by atoms with Crippen LogP contribution >= 0.6 is 11.3 Å². The molecule has 0 atom stereocenters. The molecular weight excluding hydrogens is 569 g/mol. The highest BCUT2D eigenvalue weighted by molar-refractivity contribution is 7.89. The molecule has 10 heteroatoms. The summed E-state index contributed by atoms with van der Waals surface area (Å²) in [5.74, 6) is -0.441. The van der Waals surface area contributed by atoms with Gasteiger partial charge in [0.25, 0.3) is 11.8 Å². The second-order valence-corrected chi connectivity index (χ2v) is 13.6. The first-order chi connectivity index (χ1) is 20.2. The van der Waals surface area contributed by atoms with Crippen LogP contribution < -0.4 is 5.32 Å². The summed E-state index contributed by atoms with van der Waals surface area (Å²) in [6.07, 6.45) is 2.18. The zero-order valence-corrected chi connectivity index (χ0v) is 26.7. The second-order valence-electron chi connectivity index (χ2n) is 10.5. The normalized spacial score (nSPS) is 13.6. The molecule has 1 aromatic heterocycles. The highest BCUT2D eigenvalue weighted by Gasteiger charge is 2.31. The molecule has 0 radical (unpaired) electrons. The Labute approximate surface area is 254 Å². The van der Waals surface area contributed by atoms with Crippen LogP contribution in [0.3, 0.4) is 0 Å². The Hall–Kier alpha value is -3.05. The molecule has 0 fully saturated rings. The van der Waals surface area contributed by atoms with E-state index in [0.717, 1.165) is 42.8 Å². The van der Waals surface area contributed by atoms with Crippen molar-refractivity contribution in [2.45, 2.75) is 64.9 Å². The van der Waals surface area contributed by atoms with Gasteiger partial charge in [0.1, 0.15) is 5.00 Å². The number of carbonyl (C=O) groups excluding carboxylic acids is 2. The lowest BCUT2D eigenvalue weighted by Gasteiger charge is -2.28. The Morgan fingerprint density at radius 3 is 2.17 bits per heavy atom. The van der Waals surface area contributed by atoms with Gasteiger partial charge in [-0.25, -0.2) is 8.42 Å². The number of sulfonamides is 1. The zero-order chi connectivity index (χ0) is 30.3. The Morgan fingerprint density at radius 1 is 0.929 bits per heavy atom. The number of hydrogen-bond donors (Lipinski definition) is 1. The van der Waals surface area contributed by atoms with Gasteiger partial charge >= 0.3 is 0 Å². The van der Waals surface area contributed by atoms with Crippen molar-refractivity contribution in [2.24, 2.45) is 0 Å². The van der Waals surface area contributed by atoms with E-state index in [2.05, 4.69) is 22.3 Å². The minimum absolute atomic E-state index is 0.0716. The maximum absolute atomic E-state index is 13.7. The van der Waals surface area contributed by atoms with Crippen LogP contribution in [-0.2, 0) is 29.5 Å². The summed E-state index contributed by atoms with van der Waals surface area (Å²) in [6, 6.07) is 16.4. The highest BCUT2D eigenvalue weighted by Crippen LogP contribution is 2.38. The third kappa shape index (κ3) is 7.11. The Morgan fingerprint density at radius 2 is 1.57 bits per heavy atom. The first-order valence-corrected chi connectivity index (χ1v) is 17.1. The van der Waals surface area contributed by atoms with Gasteiger partial charge < -0.3 is 10.2 Å². The van der Waals surface area contributed by atoms with Gasteiger partial charge in [0, 0.05) is 56.3 Å². The van der Waals surface area contributed by atoms with Crippen molar-refractivity contribution in [3.8, 4) is 0 Å².